The standard InChI is InChI=1S/C12H18ClNO/c1-3-6-15-12-9(2)7-10(4-5-14)8-11(12)13/h7-8H,3-6,14H2,1-2H3. The van der Waals surface area contributed by atoms with Crippen molar-refractivity contribution >= 4 is 11.6 Å². The molecule has 0 aliphatic heterocycles. The first-order valence-corrected chi connectivity index (χ1v) is 5.68. The monoisotopic (exact) mass is 227 g/mol. The van der Waals surface area contributed by atoms with Crippen LogP contribution in [-0.2, 0) is 6.42 Å². The molecular formula is C12H18ClNO. The minimum absolute atomic E-state index is 0.644. The average Bonchev–Trinajstić information content (AvgIpc) is 2.17. The summed E-state index contributed by atoms with van der Waals surface area (Å²) in [6.07, 6.45) is 1.84. The average molecular weight is 228 g/mol. The Morgan fingerprint density at radius 2 is 2.13 bits per heavy atom. The van der Waals surface area contributed by atoms with Crippen molar-refractivity contribution in [3.05, 3.63) is 28.3 Å². The van der Waals surface area contributed by atoms with Crippen molar-refractivity contribution < 1.29 is 4.74 Å². The summed E-state index contributed by atoms with van der Waals surface area (Å²) >= 11 is 6.14. The summed E-state index contributed by atoms with van der Waals surface area (Å²) in [6.45, 7) is 5.44. The second-order valence-corrected chi connectivity index (χ2v) is 4.02. The Balaban J connectivity index is 2.88. The van der Waals surface area contributed by atoms with Gasteiger partial charge in [0.15, 0.2) is 0 Å². The van der Waals surface area contributed by atoms with Gasteiger partial charge in [-0.25, -0.2) is 0 Å². The van der Waals surface area contributed by atoms with Crippen molar-refractivity contribution in [1.82, 2.24) is 0 Å². The van der Waals surface area contributed by atoms with Gasteiger partial charge >= 0.3 is 0 Å². The van der Waals surface area contributed by atoms with Gasteiger partial charge in [-0.3, -0.25) is 0 Å². The van der Waals surface area contributed by atoms with Crippen LogP contribution in [0.4, 0.5) is 0 Å². The van der Waals surface area contributed by atoms with Gasteiger partial charge in [-0.15, -0.1) is 0 Å². The zero-order chi connectivity index (χ0) is 11.3. The largest absolute Gasteiger partial charge is 0.492 e. The lowest BCUT2D eigenvalue weighted by Gasteiger charge is -2.12. The lowest BCUT2D eigenvalue weighted by Crippen LogP contribution is -2.04. The molecule has 0 bridgehead atoms. The molecule has 3 heteroatoms. The van der Waals surface area contributed by atoms with Crippen LogP contribution in [0.2, 0.25) is 5.02 Å². The van der Waals surface area contributed by atoms with Gasteiger partial charge in [0.2, 0.25) is 0 Å². The maximum Gasteiger partial charge on any atom is 0.140 e. The summed E-state index contributed by atoms with van der Waals surface area (Å²) in [5, 5.41) is 0.687. The van der Waals surface area contributed by atoms with E-state index in [0.717, 1.165) is 24.2 Å². The molecule has 0 saturated heterocycles. The van der Waals surface area contributed by atoms with E-state index in [1.807, 2.05) is 13.0 Å². The van der Waals surface area contributed by atoms with Crippen LogP contribution in [0.25, 0.3) is 0 Å². The molecule has 0 heterocycles. The lowest BCUT2D eigenvalue weighted by molar-refractivity contribution is 0.315. The molecule has 0 fully saturated rings. The normalized spacial score (nSPS) is 10.4. The van der Waals surface area contributed by atoms with Crippen LogP contribution in [0.5, 0.6) is 5.75 Å². The second-order valence-electron chi connectivity index (χ2n) is 3.61. The van der Waals surface area contributed by atoms with E-state index in [9.17, 15) is 0 Å². The van der Waals surface area contributed by atoms with Gasteiger partial charge < -0.3 is 10.5 Å². The van der Waals surface area contributed by atoms with Crippen molar-refractivity contribution in [1.29, 1.82) is 0 Å². The highest BCUT2D eigenvalue weighted by Crippen LogP contribution is 2.30. The van der Waals surface area contributed by atoms with E-state index in [4.69, 9.17) is 22.1 Å². The van der Waals surface area contributed by atoms with Crippen LogP contribution in [-0.4, -0.2) is 13.2 Å². The summed E-state index contributed by atoms with van der Waals surface area (Å²) in [5.41, 5.74) is 7.76. The van der Waals surface area contributed by atoms with Crippen LogP contribution in [0, 0.1) is 6.92 Å². The van der Waals surface area contributed by atoms with E-state index in [0.29, 0.717) is 18.2 Å². The summed E-state index contributed by atoms with van der Waals surface area (Å²) in [5.74, 6) is 0.805. The van der Waals surface area contributed by atoms with E-state index in [2.05, 4.69) is 13.0 Å². The molecule has 0 spiro atoms. The molecule has 1 aromatic carbocycles. The van der Waals surface area contributed by atoms with Gasteiger partial charge in [-0.05, 0) is 43.5 Å². The molecule has 0 aromatic heterocycles. The summed E-state index contributed by atoms with van der Waals surface area (Å²) in [4.78, 5) is 0. The molecule has 84 valence electrons. The molecular weight excluding hydrogens is 210 g/mol. The topological polar surface area (TPSA) is 35.2 Å². The Morgan fingerprint density at radius 1 is 1.40 bits per heavy atom. The first kappa shape index (κ1) is 12.3. The maximum atomic E-state index is 6.14. The lowest BCUT2D eigenvalue weighted by atomic mass is 10.1. The minimum Gasteiger partial charge on any atom is -0.492 e. The summed E-state index contributed by atoms with van der Waals surface area (Å²) in [7, 11) is 0. The van der Waals surface area contributed by atoms with E-state index < -0.39 is 0 Å². The van der Waals surface area contributed by atoms with Gasteiger partial charge in [-0.2, -0.15) is 0 Å². The van der Waals surface area contributed by atoms with E-state index >= 15 is 0 Å². The number of halogens is 1. The van der Waals surface area contributed by atoms with Crippen molar-refractivity contribution in [2.75, 3.05) is 13.2 Å². The van der Waals surface area contributed by atoms with Gasteiger partial charge in [0.25, 0.3) is 0 Å². The number of benzene rings is 1. The van der Waals surface area contributed by atoms with E-state index in [-0.39, 0.29) is 0 Å². The van der Waals surface area contributed by atoms with Crippen LogP contribution in [0.3, 0.4) is 0 Å². The molecule has 2 nitrogen and oxygen atoms in total. The number of ether oxygens (including phenoxy) is 1. The summed E-state index contributed by atoms with van der Waals surface area (Å²) < 4.78 is 5.59. The Morgan fingerprint density at radius 3 is 2.67 bits per heavy atom. The van der Waals surface area contributed by atoms with Crippen LogP contribution in [0.15, 0.2) is 12.1 Å². The van der Waals surface area contributed by atoms with E-state index in [1.54, 1.807) is 0 Å². The number of hydrogen-bond donors (Lipinski definition) is 1. The van der Waals surface area contributed by atoms with Gasteiger partial charge in [0.05, 0.1) is 11.6 Å². The first-order chi connectivity index (χ1) is 7.19. The Labute approximate surface area is 96.4 Å². The molecule has 0 aliphatic carbocycles. The highest BCUT2D eigenvalue weighted by atomic mass is 35.5. The summed E-state index contributed by atoms with van der Waals surface area (Å²) in [6, 6.07) is 4.02. The van der Waals surface area contributed by atoms with Gasteiger partial charge in [0, 0.05) is 0 Å². The van der Waals surface area contributed by atoms with Crippen molar-refractivity contribution in [3.63, 3.8) is 0 Å². The molecule has 0 amide bonds. The molecule has 0 atom stereocenters. The minimum atomic E-state index is 0.644. The molecule has 0 aliphatic rings. The quantitative estimate of drug-likeness (QED) is 0.840. The van der Waals surface area contributed by atoms with E-state index in [1.165, 1.54) is 5.56 Å². The van der Waals surface area contributed by atoms with Crippen LogP contribution in [0.1, 0.15) is 24.5 Å². The third kappa shape index (κ3) is 3.40. The molecule has 2 N–H and O–H groups in total. The fourth-order valence-corrected chi connectivity index (χ4v) is 1.84. The highest BCUT2D eigenvalue weighted by molar-refractivity contribution is 6.32. The van der Waals surface area contributed by atoms with Crippen LogP contribution >= 0.6 is 11.6 Å². The Hall–Kier alpha value is -0.730. The maximum absolute atomic E-state index is 6.14. The number of aryl methyl sites for hydroxylation is 1. The third-order valence-electron chi connectivity index (χ3n) is 2.17. The van der Waals surface area contributed by atoms with Crippen molar-refractivity contribution in [3.8, 4) is 5.75 Å². The fraction of sp³-hybridized carbons (Fsp3) is 0.500. The van der Waals surface area contributed by atoms with Crippen molar-refractivity contribution in [2.24, 2.45) is 5.73 Å². The molecule has 0 unspecified atom stereocenters. The molecule has 0 radical (unpaired) electrons. The van der Waals surface area contributed by atoms with Crippen molar-refractivity contribution in [2.45, 2.75) is 26.7 Å². The molecule has 0 saturated carbocycles. The van der Waals surface area contributed by atoms with Gasteiger partial charge in [-0.1, -0.05) is 24.6 Å². The number of hydrogen-bond acceptors (Lipinski definition) is 2. The second kappa shape index (κ2) is 5.99. The molecule has 1 rings (SSSR count). The number of rotatable bonds is 5. The van der Waals surface area contributed by atoms with Gasteiger partial charge in [0.1, 0.15) is 5.75 Å². The zero-order valence-electron chi connectivity index (χ0n) is 9.35. The zero-order valence-corrected chi connectivity index (χ0v) is 10.1. The fourth-order valence-electron chi connectivity index (χ4n) is 1.50. The number of nitrogens with two attached hydrogens (primary N) is 1. The predicted octanol–water partition coefficient (Wildman–Crippen LogP) is 2.94. The van der Waals surface area contributed by atoms with Crippen LogP contribution < -0.4 is 10.5 Å². The first-order valence-electron chi connectivity index (χ1n) is 5.31. The Kier molecular flexibility index (Phi) is 4.92. The predicted molar refractivity (Wildman–Crippen MR) is 64.7 cm³/mol. The molecule has 15 heavy (non-hydrogen) atoms. The molecule has 1 aromatic rings. The highest BCUT2D eigenvalue weighted by Gasteiger charge is 2.07. The Bertz CT molecular complexity index is 302. The SMILES string of the molecule is CCCOc1c(C)cc(CCN)cc1Cl. The smallest absolute Gasteiger partial charge is 0.140 e. The third-order valence-corrected chi connectivity index (χ3v) is 2.45.